The molecule has 8 aromatic rings. The Morgan fingerprint density at radius 1 is 0.500 bits per heavy atom. The Labute approximate surface area is 281 Å². The topological polar surface area (TPSA) is 30.0 Å². The summed E-state index contributed by atoms with van der Waals surface area (Å²) >= 11 is 0. The molecule has 0 aliphatic carbocycles. The van der Waals surface area contributed by atoms with Crippen LogP contribution in [0.4, 0.5) is 0 Å². The van der Waals surface area contributed by atoms with Crippen LogP contribution in [0.25, 0.3) is 60.1 Å². The van der Waals surface area contributed by atoms with Crippen LogP contribution >= 0.6 is 7.14 Å². The predicted molar refractivity (Wildman–Crippen MR) is 207 cm³/mol. The highest BCUT2D eigenvalue weighted by Crippen LogP contribution is 2.51. The van der Waals surface area contributed by atoms with E-state index in [0.717, 1.165) is 65.2 Å². The van der Waals surface area contributed by atoms with Crippen LogP contribution in [0.15, 0.2) is 175 Å². The SMILES string of the molecule is C/C(=C\C=C(/C)P(=O)(c1ccccc1)c1ccccc1)c1ccc(-c2c3ccc4ccccc4c3nc3c2ccc2ccccc23)cc1. The highest BCUT2D eigenvalue weighted by Gasteiger charge is 2.28. The van der Waals surface area contributed by atoms with Crippen molar-refractivity contribution in [3.63, 3.8) is 0 Å². The van der Waals surface area contributed by atoms with Gasteiger partial charge in [-0.05, 0) is 46.6 Å². The molecule has 0 spiro atoms. The molecular formula is C45H34NOP. The fourth-order valence-corrected chi connectivity index (χ4v) is 9.48. The van der Waals surface area contributed by atoms with Crippen molar-refractivity contribution in [1.82, 2.24) is 4.98 Å². The number of nitrogens with zero attached hydrogens (tertiary/aromatic N) is 1. The molecule has 0 bridgehead atoms. The maximum atomic E-state index is 14.7. The van der Waals surface area contributed by atoms with E-state index in [2.05, 4.69) is 110 Å². The zero-order valence-electron chi connectivity index (χ0n) is 27.0. The van der Waals surface area contributed by atoms with Crippen molar-refractivity contribution in [2.45, 2.75) is 13.8 Å². The quantitative estimate of drug-likeness (QED) is 0.0788. The van der Waals surface area contributed by atoms with E-state index in [0.29, 0.717) is 0 Å². The second-order valence-corrected chi connectivity index (χ2v) is 15.3. The first kappa shape index (κ1) is 29.8. The van der Waals surface area contributed by atoms with E-state index >= 15 is 0 Å². The average Bonchev–Trinajstić information content (AvgIpc) is 3.16. The van der Waals surface area contributed by atoms with E-state index in [9.17, 15) is 4.57 Å². The highest BCUT2D eigenvalue weighted by molar-refractivity contribution is 7.82. The van der Waals surface area contributed by atoms with E-state index in [1.54, 1.807) is 0 Å². The van der Waals surface area contributed by atoms with Crippen LogP contribution in [0, 0.1) is 0 Å². The summed E-state index contributed by atoms with van der Waals surface area (Å²) in [5.41, 5.74) is 6.62. The van der Waals surface area contributed by atoms with Gasteiger partial charge in [0.2, 0.25) is 0 Å². The number of allylic oxidation sites excluding steroid dienone is 4. The Morgan fingerprint density at radius 2 is 0.979 bits per heavy atom. The van der Waals surface area contributed by atoms with Gasteiger partial charge in [-0.15, -0.1) is 0 Å². The minimum atomic E-state index is -2.98. The predicted octanol–water partition coefficient (Wildman–Crippen LogP) is 11.7. The lowest BCUT2D eigenvalue weighted by Crippen LogP contribution is -2.16. The molecule has 230 valence electrons. The molecule has 0 amide bonds. The number of rotatable bonds is 6. The Bertz CT molecular complexity index is 2450. The van der Waals surface area contributed by atoms with E-state index in [4.69, 9.17) is 4.98 Å². The molecule has 3 heteroatoms. The molecule has 0 saturated carbocycles. The van der Waals surface area contributed by atoms with Gasteiger partial charge in [0.05, 0.1) is 11.0 Å². The first-order valence-electron chi connectivity index (χ1n) is 16.3. The molecule has 1 aromatic heterocycles. The molecule has 0 atom stereocenters. The van der Waals surface area contributed by atoms with Gasteiger partial charge < -0.3 is 4.57 Å². The lowest BCUT2D eigenvalue weighted by atomic mass is 9.91. The van der Waals surface area contributed by atoms with Crippen LogP contribution in [0.5, 0.6) is 0 Å². The van der Waals surface area contributed by atoms with Gasteiger partial charge in [-0.2, -0.15) is 0 Å². The van der Waals surface area contributed by atoms with Gasteiger partial charge in [0.1, 0.15) is 0 Å². The molecule has 0 fully saturated rings. The average molecular weight is 636 g/mol. The summed E-state index contributed by atoms with van der Waals surface area (Å²) in [6, 6.07) is 54.3. The summed E-state index contributed by atoms with van der Waals surface area (Å²) in [5.74, 6) is 0. The van der Waals surface area contributed by atoms with Crippen LogP contribution in [0.2, 0.25) is 0 Å². The standard InChI is InChI=1S/C45H34NOP/c1-31(21-22-32(2)48(47,37-15-5-3-6-16-37)38-17-7-4-8-18-38)33-23-25-36(26-24-33)43-41-29-27-34-13-9-11-19-39(34)44(41)46-45-40-20-12-10-14-35(40)28-30-42(43)45/h3-30H,1-2H3/b31-21+,32-22+. The van der Waals surface area contributed by atoms with Gasteiger partial charge >= 0.3 is 0 Å². The summed E-state index contributed by atoms with van der Waals surface area (Å²) in [6.07, 6.45) is 4.13. The number of fused-ring (bicyclic) bond motifs is 6. The Kier molecular flexibility index (Phi) is 7.60. The Balaban J connectivity index is 1.23. The molecule has 8 rings (SSSR count). The molecule has 0 saturated heterocycles. The van der Waals surface area contributed by atoms with E-state index in [1.807, 2.05) is 73.7 Å². The lowest BCUT2D eigenvalue weighted by molar-refractivity contribution is 0.590. The summed E-state index contributed by atoms with van der Waals surface area (Å²) < 4.78 is 14.7. The molecule has 0 unspecified atom stereocenters. The van der Waals surface area contributed by atoms with Gasteiger partial charge in [0.25, 0.3) is 0 Å². The van der Waals surface area contributed by atoms with E-state index < -0.39 is 7.14 Å². The lowest BCUT2D eigenvalue weighted by Gasteiger charge is -2.20. The molecule has 0 radical (unpaired) electrons. The normalized spacial score (nSPS) is 12.7. The third kappa shape index (κ3) is 5.07. The van der Waals surface area contributed by atoms with Crippen molar-refractivity contribution < 1.29 is 4.57 Å². The molecular weight excluding hydrogens is 601 g/mol. The number of benzene rings is 7. The van der Waals surface area contributed by atoms with Gasteiger partial charge in [0, 0.05) is 37.7 Å². The third-order valence-corrected chi connectivity index (χ3v) is 12.7. The minimum Gasteiger partial charge on any atom is -0.309 e. The summed E-state index contributed by atoms with van der Waals surface area (Å²) in [7, 11) is -2.98. The van der Waals surface area contributed by atoms with Crippen LogP contribution in [0.1, 0.15) is 19.4 Å². The van der Waals surface area contributed by atoms with Crippen LogP contribution < -0.4 is 10.6 Å². The summed E-state index contributed by atoms with van der Waals surface area (Å²) in [5, 5.41) is 9.53. The monoisotopic (exact) mass is 635 g/mol. The Morgan fingerprint density at radius 3 is 1.50 bits per heavy atom. The molecule has 1 heterocycles. The van der Waals surface area contributed by atoms with Crippen LogP contribution in [0.3, 0.4) is 0 Å². The largest absolute Gasteiger partial charge is 0.309 e. The molecule has 0 aliphatic heterocycles. The number of hydrogen-bond acceptors (Lipinski definition) is 2. The second-order valence-electron chi connectivity index (χ2n) is 12.4. The number of pyridine rings is 1. The van der Waals surface area contributed by atoms with Crippen molar-refractivity contribution in [2.24, 2.45) is 0 Å². The third-order valence-electron chi connectivity index (χ3n) is 9.50. The van der Waals surface area contributed by atoms with Gasteiger partial charge in [0.15, 0.2) is 7.14 Å². The first-order valence-corrected chi connectivity index (χ1v) is 18.0. The van der Waals surface area contributed by atoms with E-state index in [1.165, 1.54) is 16.3 Å². The fourth-order valence-electron chi connectivity index (χ4n) is 6.90. The van der Waals surface area contributed by atoms with Gasteiger partial charge in [-0.3, -0.25) is 0 Å². The smallest absolute Gasteiger partial charge is 0.166 e. The van der Waals surface area contributed by atoms with Crippen molar-refractivity contribution in [2.75, 3.05) is 0 Å². The van der Waals surface area contributed by atoms with Crippen molar-refractivity contribution >= 4 is 66.7 Å². The summed E-state index contributed by atoms with van der Waals surface area (Å²) in [6.45, 7) is 4.10. The van der Waals surface area contributed by atoms with E-state index in [-0.39, 0.29) is 0 Å². The highest BCUT2D eigenvalue weighted by atomic mass is 31.2. The zero-order valence-corrected chi connectivity index (χ0v) is 27.9. The maximum absolute atomic E-state index is 14.7. The van der Waals surface area contributed by atoms with Gasteiger partial charge in [-0.25, -0.2) is 4.98 Å². The van der Waals surface area contributed by atoms with Crippen LogP contribution in [-0.4, -0.2) is 4.98 Å². The molecule has 0 N–H and O–H groups in total. The summed E-state index contributed by atoms with van der Waals surface area (Å²) in [4.78, 5) is 5.33. The number of aromatic nitrogens is 1. The molecule has 7 aromatic carbocycles. The fraction of sp³-hybridized carbons (Fsp3) is 0.0444. The first-order chi connectivity index (χ1) is 23.5. The molecule has 2 nitrogen and oxygen atoms in total. The zero-order chi connectivity index (χ0) is 32.7. The van der Waals surface area contributed by atoms with Gasteiger partial charge in [-0.1, -0.05) is 170 Å². The van der Waals surface area contributed by atoms with Crippen molar-refractivity contribution in [3.8, 4) is 11.1 Å². The Hall–Kier alpha value is -5.56. The van der Waals surface area contributed by atoms with Crippen molar-refractivity contribution in [1.29, 1.82) is 0 Å². The molecule has 0 aliphatic rings. The number of hydrogen-bond donors (Lipinski definition) is 0. The van der Waals surface area contributed by atoms with Crippen LogP contribution in [-0.2, 0) is 4.57 Å². The van der Waals surface area contributed by atoms with Crippen molar-refractivity contribution in [3.05, 3.63) is 181 Å². The maximum Gasteiger partial charge on any atom is 0.166 e. The molecule has 48 heavy (non-hydrogen) atoms. The minimum absolute atomic E-state index is 0.845. The second kappa shape index (κ2) is 12.2.